The van der Waals surface area contributed by atoms with Gasteiger partial charge in [-0.25, -0.2) is 8.42 Å². The van der Waals surface area contributed by atoms with Gasteiger partial charge in [0.05, 0.1) is 19.3 Å². The van der Waals surface area contributed by atoms with Gasteiger partial charge in [-0.3, -0.25) is 0 Å². The zero-order chi connectivity index (χ0) is 16.4. The van der Waals surface area contributed by atoms with E-state index in [9.17, 15) is 18.6 Å². The fraction of sp³-hybridized carbons (Fsp3) is 0.600. The largest absolute Gasteiger partial charge is 0.495 e. The van der Waals surface area contributed by atoms with Crippen LogP contribution in [0.4, 0.5) is 0 Å². The molecule has 0 spiro atoms. The Labute approximate surface area is 131 Å². The first-order valence-corrected chi connectivity index (χ1v) is 8.74. The van der Waals surface area contributed by atoms with Crippen LogP contribution in [-0.2, 0) is 10.0 Å². The number of aliphatic hydroxyl groups excluding tert-OH is 1. The van der Waals surface area contributed by atoms with E-state index in [0.29, 0.717) is 25.1 Å². The maximum absolute atomic E-state index is 12.9. The van der Waals surface area contributed by atoms with Crippen molar-refractivity contribution in [2.24, 2.45) is 0 Å². The molecule has 1 aliphatic rings. The Kier molecular flexibility index (Phi) is 5.11. The summed E-state index contributed by atoms with van der Waals surface area (Å²) in [4.78, 5) is 0.143. The van der Waals surface area contributed by atoms with Gasteiger partial charge in [-0.15, -0.1) is 0 Å². The molecule has 0 radical (unpaired) electrons. The molecular formula is C15H23NO5S. The molecule has 2 N–H and O–H groups in total. The van der Waals surface area contributed by atoms with Gasteiger partial charge in [-0.1, -0.05) is 6.07 Å². The van der Waals surface area contributed by atoms with Crippen molar-refractivity contribution in [2.45, 2.75) is 36.7 Å². The van der Waals surface area contributed by atoms with Gasteiger partial charge in [-0.05, 0) is 43.9 Å². The van der Waals surface area contributed by atoms with Crippen LogP contribution in [0.15, 0.2) is 23.1 Å². The number of methoxy groups -OCH3 is 1. The Morgan fingerprint density at radius 3 is 2.68 bits per heavy atom. The average Bonchev–Trinajstić information content (AvgIpc) is 2.70. The van der Waals surface area contributed by atoms with Gasteiger partial charge in [0.1, 0.15) is 10.6 Å². The summed E-state index contributed by atoms with van der Waals surface area (Å²) in [7, 11) is -2.25. The SMILES string of the molecule is COc1ccc(C)cc1S(=O)(=O)N1CCC[C@](O)(CO)CC1. The van der Waals surface area contributed by atoms with Gasteiger partial charge in [0, 0.05) is 13.1 Å². The minimum Gasteiger partial charge on any atom is -0.495 e. The summed E-state index contributed by atoms with van der Waals surface area (Å²) in [5.41, 5.74) is -0.359. The Morgan fingerprint density at radius 2 is 2.05 bits per heavy atom. The highest BCUT2D eigenvalue weighted by atomic mass is 32.2. The first-order valence-electron chi connectivity index (χ1n) is 7.30. The van der Waals surface area contributed by atoms with Crippen molar-refractivity contribution in [3.8, 4) is 5.75 Å². The summed E-state index contributed by atoms with van der Waals surface area (Å²) in [5.74, 6) is 0.312. The highest BCUT2D eigenvalue weighted by Crippen LogP contribution is 2.30. The standard InChI is InChI=1S/C15H23NO5S/c1-12-4-5-13(21-2)14(10-12)22(19,20)16-8-3-6-15(18,11-17)7-9-16/h4-5,10,17-18H,3,6-9,11H2,1-2H3/t15-/m1/s1. The minimum absolute atomic E-state index is 0.143. The zero-order valence-electron chi connectivity index (χ0n) is 12.9. The highest BCUT2D eigenvalue weighted by molar-refractivity contribution is 7.89. The molecule has 2 rings (SSSR count). The lowest BCUT2D eigenvalue weighted by atomic mass is 9.96. The summed E-state index contributed by atoms with van der Waals surface area (Å²) >= 11 is 0. The monoisotopic (exact) mass is 329 g/mol. The van der Waals surface area contributed by atoms with E-state index in [1.54, 1.807) is 18.2 Å². The third kappa shape index (κ3) is 3.43. The molecule has 1 aromatic rings. The maximum atomic E-state index is 12.9. The van der Waals surface area contributed by atoms with Crippen molar-refractivity contribution in [1.82, 2.24) is 4.31 Å². The molecular weight excluding hydrogens is 306 g/mol. The molecule has 0 unspecified atom stereocenters. The number of rotatable bonds is 4. The van der Waals surface area contributed by atoms with Crippen LogP contribution in [0.5, 0.6) is 5.75 Å². The number of aliphatic hydroxyl groups is 2. The van der Waals surface area contributed by atoms with Gasteiger partial charge in [0.25, 0.3) is 0 Å². The van der Waals surface area contributed by atoms with E-state index in [0.717, 1.165) is 5.56 Å². The lowest BCUT2D eigenvalue weighted by Crippen LogP contribution is -2.36. The molecule has 0 aliphatic carbocycles. The van der Waals surface area contributed by atoms with Crippen LogP contribution >= 0.6 is 0 Å². The fourth-order valence-corrected chi connectivity index (χ4v) is 4.40. The molecule has 1 aliphatic heterocycles. The normalized spacial score (nSPS) is 24.0. The summed E-state index contributed by atoms with van der Waals surface area (Å²) in [6.45, 7) is 1.97. The van der Waals surface area contributed by atoms with Crippen molar-refractivity contribution < 1.29 is 23.4 Å². The van der Waals surface area contributed by atoms with Crippen molar-refractivity contribution in [2.75, 3.05) is 26.8 Å². The highest BCUT2D eigenvalue weighted by Gasteiger charge is 2.35. The van der Waals surface area contributed by atoms with Crippen LogP contribution < -0.4 is 4.74 Å². The number of hydrogen-bond acceptors (Lipinski definition) is 5. The third-order valence-electron chi connectivity index (χ3n) is 4.11. The van der Waals surface area contributed by atoms with Crippen molar-refractivity contribution in [3.05, 3.63) is 23.8 Å². The van der Waals surface area contributed by atoms with E-state index in [1.807, 2.05) is 6.92 Å². The van der Waals surface area contributed by atoms with Crippen molar-refractivity contribution in [3.63, 3.8) is 0 Å². The van der Waals surface area contributed by atoms with Crippen LogP contribution in [0.3, 0.4) is 0 Å². The molecule has 7 heteroatoms. The van der Waals surface area contributed by atoms with Gasteiger partial charge in [0.2, 0.25) is 10.0 Å². The molecule has 1 saturated heterocycles. The van der Waals surface area contributed by atoms with Gasteiger partial charge < -0.3 is 14.9 Å². The molecule has 0 bridgehead atoms. The molecule has 1 fully saturated rings. The van der Waals surface area contributed by atoms with Gasteiger partial charge in [-0.2, -0.15) is 4.31 Å². The lowest BCUT2D eigenvalue weighted by molar-refractivity contribution is -0.0244. The predicted molar refractivity (Wildman–Crippen MR) is 82.4 cm³/mol. The minimum atomic E-state index is -3.69. The Hall–Kier alpha value is -1.15. The summed E-state index contributed by atoms with van der Waals surface area (Å²) in [6, 6.07) is 5.03. The molecule has 124 valence electrons. The smallest absolute Gasteiger partial charge is 0.246 e. The van der Waals surface area contributed by atoms with Crippen molar-refractivity contribution in [1.29, 1.82) is 0 Å². The van der Waals surface area contributed by atoms with E-state index in [2.05, 4.69) is 0 Å². The predicted octanol–water partition coefficient (Wildman–Crippen LogP) is 0.902. The number of nitrogens with zero attached hydrogens (tertiary/aromatic N) is 1. The van der Waals surface area contributed by atoms with Gasteiger partial charge >= 0.3 is 0 Å². The lowest BCUT2D eigenvalue weighted by Gasteiger charge is -2.24. The molecule has 0 saturated carbocycles. The molecule has 1 aromatic carbocycles. The van der Waals surface area contributed by atoms with Crippen LogP contribution in [0.2, 0.25) is 0 Å². The van der Waals surface area contributed by atoms with Gasteiger partial charge in [0.15, 0.2) is 0 Å². The van der Waals surface area contributed by atoms with E-state index in [1.165, 1.54) is 11.4 Å². The Balaban J connectivity index is 2.33. The molecule has 0 aromatic heterocycles. The average molecular weight is 329 g/mol. The van der Waals surface area contributed by atoms with Crippen LogP contribution in [0.1, 0.15) is 24.8 Å². The second-order valence-corrected chi connectivity index (χ2v) is 7.70. The number of ether oxygens (including phenoxy) is 1. The molecule has 22 heavy (non-hydrogen) atoms. The Bertz CT molecular complexity index is 631. The fourth-order valence-electron chi connectivity index (χ4n) is 2.68. The molecule has 0 amide bonds. The second-order valence-electron chi connectivity index (χ2n) is 5.79. The Morgan fingerprint density at radius 1 is 1.32 bits per heavy atom. The van der Waals surface area contributed by atoms with Crippen molar-refractivity contribution >= 4 is 10.0 Å². The maximum Gasteiger partial charge on any atom is 0.246 e. The molecule has 1 heterocycles. The summed E-state index contributed by atoms with van der Waals surface area (Å²) < 4.78 is 32.3. The van der Waals surface area contributed by atoms with E-state index >= 15 is 0 Å². The first kappa shape index (κ1) is 17.2. The molecule has 1 atom stereocenters. The zero-order valence-corrected chi connectivity index (χ0v) is 13.8. The second kappa shape index (κ2) is 6.54. The molecule has 6 nitrogen and oxygen atoms in total. The number of hydrogen-bond donors (Lipinski definition) is 2. The number of benzene rings is 1. The van der Waals surface area contributed by atoms with Crippen LogP contribution in [0, 0.1) is 6.92 Å². The quantitative estimate of drug-likeness (QED) is 0.857. The first-order chi connectivity index (χ1) is 10.3. The number of sulfonamides is 1. The third-order valence-corrected chi connectivity index (χ3v) is 6.03. The van der Waals surface area contributed by atoms with E-state index in [-0.39, 0.29) is 24.5 Å². The van der Waals surface area contributed by atoms with E-state index < -0.39 is 15.6 Å². The van der Waals surface area contributed by atoms with Crippen LogP contribution in [0.25, 0.3) is 0 Å². The summed E-state index contributed by atoms with van der Waals surface area (Å²) in [6.07, 6.45) is 1.11. The topological polar surface area (TPSA) is 87.1 Å². The van der Waals surface area contributed by atoms with E-state index in [4.69, 9.17) is 4.74 Å². The number of aryl methyl sites for hydroxylation is 1. The van der Waals surface area contributed by atoms with Crippen LogP contribution in [-0.4, -0.2) is 55.3 Å². The summed E-state index contributed by atoms with van der Waals surface area (Å²) in [5, 5.41) is 19.4.